The van der Waals surface area contributed by atoms with Crippen molar-refractivity contribution < 1.29 is 9.53 Å². The second-order valence-electron chi connectivity index (χ2n) is 7.63. The zero-order valence-electron chi connectivity index (χ0n) is 17.1. The second kappa shape index (κ2) is 8.97. The highest BCUT2D eigenvalue weighted by atomic mass is 35.5. The van der Waals surface area contributed by atoms with Gasteiger partial charge < -0.3 is 14.5 Å². The van der Waals surface area contributed by atoms with E-state index in [-0.39, 0.29) is 17.7 Å². The Hall–Kier alpha value is -2.04. The highest BCUT2D eigenvalue weighted by Crippen LogP contribution is 2.42. The summed E-state index contributed by atoms with van der Waals surface area (Å²) in [6.45, 7) is 3.56. The Morgan fingerprint density at radius 1 is 1.18 bits per heavy atom. The van der Waals surface area contributed by atoms with Crippen LogP contribution in [-0.2, 0) is 11.2 Å². The number of hydrogen-bond acceptors (Lipinski definition) is 3. The van der Waals surface area contributed by atoms with Crippen LogP contribution in [0.1, 0.15) is 30.4 Å². The molecule has 0 saturated heterocycles. The van der Waals surface area contributed by atoms with Crippen molar-refractivity contribution in [2.45, 2.75) is 25.7 Å². The van der Waals surface area contributed by atoms with Crippen LogP contribution >= 0.6 is 11.6 Å². The number of hydrogen-bond donors (Lipinski definition) is 0. The van der Waals surface area contributed by atoms with E-state index in [9.17, 15) is 4.79 Å². The van der Waals surface area contributed by atoms with Crippen LogP contribution in [0.3, 0.4) is 0 Å². The molecular weight excluding hydrogens is 372 g/mol. The lowest BCUT2D eigenvalue weighted by Crippen LogP contribution is -2.41. The van der Waals surface area contributed by atoms with Crippen molar-refractivity contribution in [3.05, 3.63) is 58.6 Å². The molecule has 5 heteroatoms. The van der Waals surface area contributed by atoms with Gasteiger partial charge in [0.15, 0.2) is 0 Å². The van der Waals surface area contributed by atoms with Gasteiger partial charge in [-0.05, 0) is 68.2 Å². The molecule has 0 radical (unpaired) electrons. The summed E-state index contributed by atoms with van der Waals surface area (Å²) in [5, 5.41) is 0.732. The molecule has 28 heavy (non-hydrogen) atoms. The lowest BCUT2D eigenvalue weighted by atomic mass is 9.80. The fourth-order valence-electron chi connectivity index (χ4n) is 4.05. The SMILES string of the molecule is CC[C@H]1C(=O)N(CCN(C)C)c2cccc(Cl)c2C[C@H]1c1ccc(OC)cc1. The first kappa shape index (κ1) is 20.7. The number of methoxy groups -OCH3 is 1. The molecule has 1 amide bonds. The molecule has 0 aromatic heterocycles. The third-order valence-corrected chi connectivity index (χ3v) is 5.99. The van der Waals surface area contributed by atoms with E-state index < -0.39 is 0 Å². The number of halogens is 1. The molecule has 0 unspecified atom stereocenters. The van der Waals surface area contributed by atoms with Gasteiger partial charge in [0.05, 0.1) is 7.11 Å². The van der Waals surface area contributed by atoms with Crippen LogP contribution in [0.4, 0.5) is 5.69 Å². The number of nitrogens with zero attached hydrogens (tertiary/aromatic N) is 2. The van der Waals surface area contributed by atoms with Crippen molar-refractivity contribution in [2.75, 3.05) is 39.2 Å². The summed E-state index contributed by atoms with van der Waals surface area (Å²) < 4.78 is 5.30. The van der Waals surface area contributed by atoms with Crippen LogP contribution in [-0.4, -0.2) is 45.1 Å². The van der Waals surface area contributed by atoms with E-state index in [1.807, 2.05) is 49.3 Å². The minimum atomic E-state index is -0.0842. The minimum absolute atomic E-state index is 0.0842. The Morgan fingerprint density at radius 2 is 1.89 bits per heavy atom. The van der Waals surface area contributed by atoms with Crippen LogP contribution in [0.5, 0.6) is 5.75 Å². The van der Waals surface area contributed by atoms with Gasteiger partial charge in [0.1, 0.15) is 5.75 Å². The quantitative estimate of drug-likeness (QED) is 0.709. The average molecular weight is 401 g/mol. The number of amides is 1. The zero-order chi connectivity index (χ0) is 20.3. The lowest BCUT2D eigenvalue weighted by molar-refractivity contribution is -0.123. The van der Waals surface area contributed by atoms with Gasteiger partial charge in [0, 0.05) is 29.7 Å². The number of benzene rings is 2. The maximum Gasteiger partial charge on any atom is 0.230 e. The van der Waals surface area contributed by atoms with Gasteiger partial charge in [-0.25, -0.2) is 0 Å². The number of fused-ring (bicyclic) bond motifs is 1. The number of likely N-dealkylation sites (N-methyl/N-ethyl adjacent to an activating group) is 1. The Morgan fingerprint density at radius 3 is 2.50 bits per heavy atom. The van der Waals surface area contributed by atoms with E-state index >= 15 is 0 Å². The standard InChI is InChI=1S/C23H29ClN2O2/c1-5-18-19(16-9-11-17(28-4)12-10-16)15-20-21(24)7-6-8-22(20)26(23(18)27)14-13-25(2)3/h6-12,18-19H,5,13-15H2,1-4H3/t18-,19+/m1/s1. The normalized spacial score (nSPS) is 19.5. The van der Waals surface area contributed by atoms with Crippen molar-refractivity contribution in [1.29, 1.82) is 0 Å². The summed E-state index contributed by atoms with van der Waals surface area (Å²) >= 11 is 6.61. The highest BCUT2D eigenvalue weighted by molar-refractivity contribution is 6.32. The molecule has 2 aromatic carbocycles. The van der Waals surface area contributed by atoms with Crippen molar-refractivity contribution >= 4 is 23.2 Å². The Labute approximate surface area is 173 Å². The van der Waals surface area contributed by atoms with Crippen LogP contribution in [0.2, 0.25) is 5.02 Å². The van der Waals surface area contributed by atoms with Crippen molar-refractivity contribution in [2.24, 2.45) is 5.92 Å². The Balaban J connectivity index is 2.06. The molecule has 1 heterocycles. The molecule has 150 valence electrons. The van der Waals surface area contributed by atoms with E-state index in [1.54, 1.807) is 7.11 Å². The molecule has 2 aromatic rings. The van der Waals surface area contributed by atoms with Gasteiger partial charge in [-0.2, -0.15) is 0 Å². The summed E-state index contributed by atoms with van der Waals surface area (Å²) in [5.74, 6) is 1.01. The van der Waals surface area contributed by atoms with Crippen LogP contribution < -0.4 is 9.64 Å². The predicted molar refractivity (Wildman–Crippen MR) is 116 cm³/mol. The van der Waals surface area contributed by atoms with Gasteiger partial charge in [0.2, 0.25) is 5.91 Å². The topological polar surface area (TPSA) is 32.8 Å². The Bertz CT molecular complexity index is 820. The van der Waals surface area contributed by atoms with Crippen molar-refractivity contribution in [1.82, 2.24) is 4.90 Å². The molecule has 0 N–H and O–H groups in total. The number of carbonyl (C=O) groups excluding carboxylic acids is 1. The van der Waals surface area contributed by atoms with E-state index in [4.69, 9.17) is 16.3 Å². The minimum Gasteiger partial charge on any atom is -0.497 e. The molecule has 0 fully saturated rings. The third kappa shape index (κ3) is 4.18. The van der Waals surface area contributed by atoms with E-state index in [0.717, 1.165) is 47.0 Å². The molecule has 0 aliphatic carbocycles. The van der Waals surface area contributed by atoms with E-state index in [1.165, 1.54) is 0 Å². The number of rotatable bonds is 6. The van der Waals surface area contributed by atoms with Crippen LogP contribution in [0.25, 0.3) is 0 Å². The summed E-state index contributed by atoms with van der Waals surface area (Å²) in [5.41, 5.74) is 3.17. The van der Waals surface area contributed by atoms with Crippen molar-refractivity contribution in [3.63, 3.8) is 0 Å². The third-order valence-electron chi connectivity index (χ3n) is 5.63. The lowest BCUT2D eigenvalue weighted by Gasteiger charge is -2.29. The molecule has 0 saturated carbocycles. The van der Waals surface area contributed by atoms with Gasteiger partial charge in [-0.1, -0.05) is 36.7 Å². The van der Waals surface area contributed by atoms with Gasteiger partial charge in [-0.3, -0.25) is 4.79 Å². The summed E-state index contributed by atoms with van der Waals surface area (Å²) in [4.78, 5) is 17.7. The van der Waals surface area contributed by atoms with E-state index in [2.05, 4.69) is 24.0 Å². The largest absolute Gasteiger partial charge is 0.497 e. The molecule has 0 bridgehead atoms. The maximum absolute atomic E-state index is 13.6. The first-order chi connectivity index (χ1) is 13.5. The van der Waals surface area contributed by atoms with Gasteiger partial charge in [0.25, 0.3) is 0 Å². The molecule has 1 aliphatic heterocycles. The van der Waals surface area contributed by atoms with Crippen LogP contribution in [0.15, 0.2) is 42.5 Å². The smallest absolute Gasteiger partial charge is 0.230 e. The van der Waals surface area contributed by atoms with Crippen LogP contribution in [0, 0.1) is 5.92 Å². The summed E-state index contributed by atoms with van der Waals surface area (Å²) in [6.07, 6.45) is 1.55. The monoisotopic (exact) mass is 400 g/mol. The number of ether oxygens (including phenoxy) is 1. The second-order valence-corrected chi connectivity index (χ2v) is 8.04. The molecule has 0 spiro atoms. The fraction of sp³-hybridized carbons (Fsp3) is 0.435. The summed E-state index contributed by atoms with van der Waals surface area (Å²) in [7, 11) is 5.72. The predicted octanol–water partition coefficient (Wildman–Crippen LogP) is 4.61. The zero-order valence-corrected chi connectivity index (χ0v) is 17.9. The fourth-order valence-corrected chi connectivity index (χ4v) is 4.29. The Kier molecular flexibility index (Phi) is 6.63. The first-order valence-electron chi connectivity index (χ1n) is 9.83. The molecule has 4 nitrogen and oxygen atoms in total. The highest BCUT2D eigenvalue weighted by Gasteiger charge is 2.37. The molecule has 3 rings (SSSR count). The number of anilines is 1. The molecule has 2 atom stereocenters. The van der Waals surface area contributed by atoms with Crippen molar-refractivity contribution in [3.8, 4) is 5.75 Å². The average Bonchev–Trinajstić information content (AvgIpc) is 2.81. The van der Waals surface area contributed by atoms with Gasteiger partial charge in [-0.15, -0.1) is 0 Å². The molecular formula is C23H29ClN2O2. The number of carbonyl (C=O) groups is 1. The first-order valence-corrected chi connectivity index (χ1v) is 10.2. The van der Waals surface area contributed by atoms with Gasteiger partial charge >= 0.3 is 0 Å². The van der Waals surface area contributed by atoms with E-state index in [0.29, 0.717) is 6.54 Å². The summed E-state index contributed by atoms with van der Waals surface area (Å²) in [6, 6.07) is 14.0. The maximum atomic E-state index is 13.6. The molecule has 1 aliphatic rings.